The van der Waals surface area contributed by atoms with E-state index in [1.807, 2.05) is 42.5 Å². The van der Waals surface area contributed by atoms with Crippen LogP contribution in [-0.4, -0.2) is 50.5 Å². The molecule has 0 N–H and O–H groups in total. The predicted molar refractivity (Wildman–Crippen MR) is 379 cm³/mol. The fourth-order valence-corrected chi connectivity index (χ4v) is 11.7. The first-order chi connectivity index (χ1) is 45.3. The molecule has 0 saturated heterocycles. The Morgan fingerprint density at radius 2 is 0.652 bits per heavy atom. The molecule has 0 aliphatic carbocycles. The zero-order valence-corrected chi connectivity index (χ0v) is 57.8. The first kappa shape index (κ1) is 76.2. The zero-order chi connectivity index (χ0) is 65.3. The van der Waals surface area contributed by atoms with Crippen molar-refractivity contribution in [2.24, 2.45) is 0 Å². The SMILES string of the molecule is CCCCCCCCCCCCOc1ccc(C(=O)Oc2ccc(-c3cc(-c4ccc(OC(=O)c5ccc(OCCCCCCCCCCCC)c(OCCCCCCCCCCCC)c5)cc4)c(C#N)c(OC)n3)cc2)cc1OCCCCCCCCCCCC. The molecule has 0 aliphatic heterocycles. The average Bonchev–Trinajstić information content (AvgIpc) is 0.850. The topological polar surface area (TPSA) is 135 Å². The standard InChI is InChI=1S/C81H118N2O9/c1-6-10-14-18-22-26-30-34-38-42-58-87-75-56-50-68(62-77(75)89-60-44-40-36-32-28-24-20-16-12-8-3)80(84)91-70-52-46-66(47-53-70)72-64-74(83-79(86-5)73(72)65-82)67-48-54-71(55-49-67)92-81(85)69-51-57-76(88-59-43-39-35-31-27-23-19-15-11-7-2)78(63-69)90-61-45-41-37-33-29-25-21-17-13-9-4/h46-57,62-64H,6-45,58-61H2,1-5H3. The van der Waals surface area contributed by atoms with E-state index in [2.05, 4.69) is 33.8 Å². The Morgan fingerprint density at radius 1 is 0.359 bits per heavy atom. The van der Waals surface area contributed by atoms with Crippen LogP contribution >= 0.6 is 0 Å². The van der Waals surface area contributed by atoms with Gasteiger partial charge in [0.05, 0.1) is 50.4 Å². The second kappa shape index (κ2) is 49.1. The number of aromatic nitrogens is 1. The van der Waals surface area contributed by atoms with Crippen molar-refractivity contribution in [2.45, 2.75) is 285 Å². The number of methoxy groups -OCH3 is 1. The fraction of sp³-hybridized carbons (Fsp3) is 0.605. The number of hydrogen-bond acceptors (Lipinski definition) is 11. The lowest BCUT2D eigenvalue weighted by Gasteiger charge is -2.15. The number of rotatable bonds is 55. The molecule has 4 aromatic carbocycles. The molecular weight excluding hydrogens is 1140 g/mol. The highest BCUT2D eigenvalue weighted by atomic mass is 16.5. The Hall–Kier alpha value is -6.54. The van der Waals surface area contributed by atoms with Gasteiger partial charge < -0.3 is 33.2 Å². The van der Waals surface area contributed by atoms with Gasteiger partial charge in [0.2, 0.25) is 5.88 Å². The van der Waals surface area contributed by atoms with Crippen LogP contribution in [0.25, 0.3) is 22.4 Å². The van der Waals surface area contributed by atoms with Crippen molar-refractivity contribution in [2.75, 3.05) is 33.5 Å². The monoisotopic (exact) mass is 1260 g/mol. The molecule has 0 bridgehead atoms. The van der Waals surface area contributed by atoms with Gasteiger partial charge in [-0.05, 0) is 110 Å². The summed E-state index contributed by atoms with van der Waals surface area (Å²) in [7, 11) is 1.49. The van der Waals surface area contributed by atoms with Crippen LogP contribution in [0.4, 0.5) is 0 Å². The van der Waals surface area contributed by atoms with E-state index in [0.717, 1.165) is 51.4 Å². The number of unbranched alkanes of at least 4 members (excludes halogenated alkanes) is 36. The van der Waals surface area contributed by atoms with Crippen LogP contribution in [0, 0.1) is 11.3 Å². The Labute approximate surface area is 556 Å². The van der Waals surface area contributed by atoms with E-state index in [9.17, 15) is 14.9 Å². The highest BCUT2D eigenvalue weighted by Crippen LogP contribution is 2.36. The molecular formula is C81H118N2O9. The van der Waals surface area contributed by atoms with Crippen LogP contribution in [0.2, 0.25) is 0 Å². The second-order valence-corrected chi connectivity index (χ2v) is 25.3. The summed E-state index contributed by atoms with van der Waals surface area (Å²) in [5, 5.41) is 10.4. The van der Waals surface area contributed by atoms with Crippen molar-refractivity contribution >= 4 is 11.9 Å². The molecule has 11 heteroatoms. The highest BCUT2D eigenvalue weighted by Gasteiger charge is 2.20. The average molecular weight is 1260 g/mol. The lowest BCUT2D eigenvalue weighted by Crippen LogP contribution is -2.10. The minimum absolute atomic E-state index is 0.162. The van der Waals surface area contributed by atoms with Crippen molar-refractivity contribution in [3.63, 3.8) is 0 Å². The van der Waals surface area contributed by atoms with Gasteiger partial charge in [0.15, 0.2) is 23.0 Å². The minimum Gasteiger partial charge on any atom is -0.490 e. The van der Waals surface area contributed by atoms with Gasteiger partial charge in [-0.25, -0.2) is 14.6 Å². The maximum absolute atomic E-state index is 13.8. The van der Waals surface area contributed by atoms with Gasteiger partial charge in [-0.15, -0.1) is 0 Å². The first-order valence-corrected chi connectivity index (χ1v) is 36.8. The summed E-state index contributed by atoms with van der Waals surface area (Å²) in [6.45, 7) is 11.3. The number of benzene rings is 4. The van der Waals surface area contributed by atoms with E-state index in [1.165, 1.54) is 213 Å². The highest BCUT2D eigenvalue weighted by molar-refractivity contribution is 5.93. The second-order valence-electron chi connectivity index (χ2n) is 25.3. The van der Waals surface area contributed by atoms with Crippen LogP contribution in [0.5, 0.6) is 40.4 Å². The molecule has 11 nitrogen and oxygen atoms in total. The molecule has 0 spiro atoms. The first-order valence-electron chi connectivity index (χ1n) is 36.8. The summed E-state index contributed by atoms with van der Waals surface area (Å²) < 4.78 is 42.8. The summed E-state index contributed by atoms with van der Waals surface area (Å²) in [6, 6.07) is 28.8. The summed E-state index contributed by atoms with van der Waals surface area (Å²) >= 11 is 0. The normalized spacial score (nSPS) is 11.1. The number of carbonyl (C=O) groups is 2. The maximum Gasteiger partial charge on any atom is 0.343 e. The molecule has 1 heterocycles. The Kier molecular flexibility index (Phi) is 40.7. The molecule has 92 heavy (non-hydrogen) atoms. The maximum atomic E-state index is 13.8. The summed E-state index contributed by atoms with van der Waals surface area (Å²) in [5.41, 5.74) is 3.53. The van der Waals surface area contributed by atoms with Gasteiger partial charge in [0, 0.05) is 11.1 Å². The van der Waals surface area contributed by atoms with Crippen LogP contribution in [0.15, 0.2) is 91.0 Å². The molecule has 0 saturated carbocycles. The molecule has 5 aromatic rings. The minimum atomic E-state index is -0.520. The molecule has 1 aromatic heterocycles. The number of carbonyl (C=O) groups excluding carboxylic acids is 2. The van der Waals surface area contributed by atoms with Crippen molar-refractivity contribution < 1.29 is 42.7 Å². The van der Waals surface area contributed by atoms with Gasteiger partial charge in [0.25, 0.3) is 0 Å². The molecule has 0 amide bonds. The van der Waals surface area contributed by atoms with Crippen LogP contribution in [0.3, 0.4) is 0 Å². The number of esters is 2. The van der Waals surface area contributed by atoms with E-state index in [1.54, 1.807) is 48.5 Å². The molecule has 0 atom stereocenters. The van der Waals surface area contributed by atoms with Crippen LogP contribution < -0.4 is 33.2 Å². The number of pyridine rings is 1. The van der Waals surface area contributed by atoms with E-state index < -0.39 is 11.9 Å². The smallest absolute Gasteiger partial charge is 0.343 e. The number of ether oxygens (including phenoxy) is 7. The van der Waals surface area contributed by atoms with E-state index in [0.29, 0.717) is 94.4 Å². The van der Waals surface area contributed by atoms with Gasteiger partial charge in [-0.2, -0.15) is 5.26 Å². The molecule has 0 radical (unpaired) electrons. The van der Waals surface area contributed by atoms with Gasteiger partial charge in [0.1, 0.15) is 23.1 Å². The molecule has 0 aliphatic rings. The van der Waals surface area contributed by atoms with E-state index >= 15 is 0 Å². The quantitative estimate of drug-likeness (QED) is 0.0209. The van der Waals surface area contributed by atoms with Crippen LogP contribution in [-0.2, 0) is 0 Å². The van der Waals surface area contributed by atoms with Crippen molar-refractivity contribution in [3.05, 3.63) is 108 Å². The fourth-order valence-electron chi connectivity index (χ4n) is 11.7. The lowest BCUT2D eigenvalue weighted by atomic mass is 9.98. The van der Waals surface area contributed by atoms with Gasteiger partial charge in [-0.3, -0.25) is 0 Å². The van der Waals surface area contributed by atoms with Crippen molar-refractivity contribution in [3.8, 4) is 68.8 Å². The lowest BCUT2D eigenvalue weighted by molar-refractivity contribution is 0.0724. The summed E-state index contributed by atoms with van der Waals surface area (Å²) in [6.07, 6.45) is 49.8. The third-order valence-electron chi connectivity index (χ3n) is 17.4. The van der Waals surface area contributed by atoms with Gasteiger partial charge in [-0.1, -0.05) is 271 Å². The third kappa shape index (κ3) is 30.9. The largest absolute Gasteiger partial charge is 0.490 e. The predicted octanol–water partition coefficient (Wildman–Crippen LogP) is 23.9. The zero-order valence-electron chi connectivity index (χ0n) is 57.8. The Bertz CT molecular complexity index is 2790. The number of hydrogen-bond donors (Lipinski definition) is 0. The van der Waals surface area contributed by atoms with Gasteiger partial charge >= 0.3 is 11.9 Å². The molecule has 5 rings (SSSR count). The number of nitrogens with zero attached hydrogens (tertiary/aromatic N) is 2. The van der Waals surface area contributed by atoms with Crippen molar-refractivity contribution in [1.29, 1.82) is 5.26 Å². The summed E-state index contributed by atoms with van der Waals surface area (Å²) in [5.74, 6) is 2.22. The van der Waals surface area contributed by atoms with Crippen molar-refractivity contribution in [1.82, 2.24) is 4.98 Å². The summed E-state index contributed by atoms with van der Waals surface area (Å²) in [4.78, 5) is 32.3. The Balaban J connectivity index is 1.20. The molecule has 0 unspecified atom stereocenters. The van der Waals surface area contributed by atoms with Crippen LogP contribution in [0.1, 0.15) is 311 Å². The molecule has 0 fully saturated rings. The molecule has 506 valence electrons. The van der Waals surface area contributed by atoms with E-state index in [-0.39, 0.29) is 11.4 Å². The number of nitriles is 1. The Morgan fingerprint density at radius 3 is 0.957 bits per heavy atom. The third-order valence-corrected chi connectivity index (χ3v) is 17.4. The van der Waals surface area contributed by atoms with E-state index in [4.69, 9.17) is 38.1 Å².